The Morgan fingerprint density at radius 2 is 2.19 bits per heavy atom. The number of halogens is 1. The fourth-order valence-electron chi connectivity index (χ4n) is 2.75. The van der Waals surface area contributed by atoms with Gasteiger partial charge in [-0.05, 0) is 30.4 Å². The van der Waals surface area contributed by atoms with Gasteiger partial charge in [-0.25, -0.2) is 18.9 Å². The lowest BCUT2D eigenvalue weighted by Crippen LogP contribution is -2.55. The molecule has 138 valence electrons. The number of amides is 1. The maximum atomic E-state index is 13.6. The van der Waals surface area contributed by atoms with Gasteiger partial charge in [0.2, 0.25) is 5.82 Å². The molecule has 0 bridgehead atoms. The Labute approximate surface area is 154 Å². The van der Waals surface area contributed by atoms with Crippen LogP contribution in [0.3, 0.4) is 0 Å². The average Bonchev–Trinajstić information content (AvgIpc) is 3.22. The monoisotopic (exact) mass is 378 g/mol. The normalized spacial score (nSPS) is 19.7. The second-order valence-corrected chi connectivity index (χ2v) is 7.59. The number of carbonyl (C=O) groups is 2. The summed E-state index contributed by atoms with van der Waals surface area (Å²) in [5.41, 5.74) is -0.853. The van der Waals surface area contributed by atoms with Crippen molar-refractivity contribution in [2.75, 3.05) is 11.5 Å². The molecule has 7 nitrogen and oxygen atoms in total. The van der Waals surface area contributed by atoms with Gasteiger partial charge in [0.1, 0.15) is 17.2 Å². The molecule has 1 aromatic heterocycles. The van der Waals surface area contributed by atoms with Gasteiger partial charge in [-0.3, -0.25) is 4.79 Å². The van der Waals surface area contributed by atoms with Crippen LogP contribution in [0.15, 0.2) is 24.3 Å². The minimum absolute atomic E-state index is 0.0669. The number of nitrogens with zero attached hydrogens (tertiary/aromatic N) is 3. The topological polar surface area (TPSA) is 97.1 Å². The fraction of sp³-hybridized carbons (Fsp3) is 0.412. The summed E-state index contributed by atoms with van der Waals surface area (Å²) >= 11 is 1.48. The van der Waals surface area contributed by atoms with E-state index in [1.54, 1.807) is 12.1 Å². The van der Waals surface area contributed by atoms with Crippen molar-refractivity contribution in [3.05, 3.63) is 41.7 Å². The maximum Gasteiger partial charge on any atom is 0.330 e. The molecule has 1 aliphatic rings. The Bertz CT molecular complexity index is 846. The van der Waals surface area contributed by atoms with Gasteiger partial charge in [0.05, 0.1) is 5.69 Å². The third kappa shape index (κ3) is 3.44. The van der Waals surface area contributed by atoms with Crippen molar-refractivity contribution in [3.8, 4) is 5.69 Å². The SMILES string of the molecule is CC(C)c1nc(C(=O)NC2(C(=O)O)CCSC2)nn1-c1cccc(F)c1. The summed E-state index contributed by atoms with van der Waals surface area (Å²) in [4.78, 5) is 28.5. The number of carboxylic acid groups (broad SMARTS) is 1. The molecule has 26 heavy (non-hydrogen) atoms. The molecule has 1 fully saturated rings. The maximum absolute atomic E-state index is 13.6. The number of nitrogens with one attached hydrogen (secondary N) is 1. The molecule has 1 unspecified atom stereocenters. The summed E-state index contributed by atoms with van der Waals surface area (Å²) in [5, 5.41) is 16.3. The number of aromatic nitrogens is 3. The molecule has 1 aliphatic heterocycles. The number of rotatable bonds is 5. The average molecular weight is 378 g/mol. The number of aliphatic carboxylic acids is 1. The summed E-state index contributed by atoms with van der Waals surface area (Å²) in [5.74, 6) is -0.878. The van der Waals surface area contributed by atoms with Crippen LogP contribution in [0.2, 0.25) is 0 Å². The summed E-state index contributed by atoms with van der Waals surface area (Å²) in [6.45, 7) is 3.77. The molecule has 2 N–H and O–H groups in total. The zero-order valence-electron chi connectivity index (χ0n) is 14.4. The Balaban J connectivity index is 1.94. The molecule has 0 radical (unpaired) electrons. The van der Waals surface area contributed by atoms with Crippen LogP contribution in [0.1, 0.15) is 42.6 Å². The molecule has 3 rings (SSSR count). The van der Waals surface area contributed by atoms with Gasteiger partial charge in [0.15, 0.2) is 0 Å². The fourth-order valence-corrected chi connectivity index (χ4v) is 4.08. The molecule has 9 heteroatoms. The van der Waals surface area contributed by atoms with Crippen LogP contribution in [0, 0.1) is 5.82 Å². The second kappa shape index (κ2) is 7.06. The number of thioether (sulfide) groups is 1. The molecule has 2 heterocycles. The molecule has 1 atom stereocenters. The van der Waals surface area contributed by atoms with E-state index >= 15 is 0 Å². The van der Waals surface area contributed by atoms with Crippen molar-refractivity contribution in [2.45, 2.75) is 31.7 Å². The van der Waals surface area contributed by atoms with E-state index in [1.807, 2.05) is 13.8 Å². The van der Waals surface area contributed by atoms with Gasteiger partial charge in [0.25, 0.3) is 5.91 Å². The number of carboxylic acids is 1. The molecule has 0 aliphatic carbocycles. The predicted octanol–water partition coefficient (Wildman–Crippen LogP) is 2.22. The molecule has 0 saturated carbocycles. The Morgan fingerprint density at radius 1 is 1.42 bits per heavy atom. The lowest BCUT2D eigenvalue weighted by atomic mass is 9.99. The van der Waals surface area contributed by atoms with Crippen molar-refractivity contribution in [1.82, 2.24) is 20.1 Å². The highest BCUT2D eigenvalue weighted by Gasteiger charge is 2.44. The third-order valence-corrected chi connectivity index (χ3v) is 5.38. The second-order valence-electron chi connectivity index (χ2n) is 6.48. The van der Waals surface area contributed by atoms with Crippen molar-refractivity contribution in [2.24, 2.45) is 0 Å². The number of benzene rings is 1. The quantitative estimate of drug-likeness (QED) is 0.828. The highest BCUT2D eigenvalue weighted by Crippen LogP contribution is 2.28. The van der Waals surface area contributed by atoms with Gasteiger partial charge in [0, 0.05) is 11.7 Å². The summed E-state index contributed by atoms with van der Waals surface area (Å²) < 4.78 is 15.0. The lowest BCUT2D eigenvalue weighted by Gasteiger charge is -2.23. The van der Waals surface area contributed by atoms with Crippen LogP contribution >= 0.6 is 11.8 Å². The van der Waals surface area contributed by atoms with E-state index in [-0.39, 0.29) is 11.7 Å². The van der Waals surface area contributed by atoms with E-state index < -0.39 is 23.2 Å². The molecule has 2 aromatic rings. The van der Waals surface area contributed by atoms with Crippen LogP contribution in [0.25, 0.3) is 5.69 Å². The zero-order chi connectivity index (χ0) is 18.9. The minimum Gasteiger partial charge on any atom is -0.479 e. The van der Waals surface area contributed by atoms with Crippen LogP contribution in [0.5, 0.6) is 0 Å². The summed E-state index contributed by atoms with van der Waals surface area (Å²) in [6.07, 6.45) is 0.348. The van der Waals surface area contributed by atoms with Gasteiger partial charge >= 0.3 is 5.97 Å². The Kier molecular flexibility index (Phi) is 4.99. The number of hydrogen-bond donors (Lipinski definition) is 2. The Hall–Kier alpha value is -2.42. The summed E-state index contributed by atoms with van der Waals surface area (Å²) in [7, 11) is 0. The molecule has 1 aromatic carbocycles. The van der Waals surface area contributed by atoms with Crippen LogP contribution in [-0.2, 0) is 4.79 Å². The van der Waals surface area contributed by atoms with Crippen molar-refractivity contribution >= 4 is 23.6 Å². The van der Waals surface area contributed by atoms with Crippen molar-refractivity contribution < 1.29 is 19.1 Å². The predicted molar refractivity (Wildman–Crippen MR) is 95.2 cm³/mol. The van der Waals surface area contributed by atoms with Gasteiger partial charge in [-0.1, -0.05) is 19.9 Å². The number of hydrogen-bond acceptors (Lipinski definition) is 5. The lowest BCUT2D eigenvalue weighted by molar-refractivity contribution is -0.143. The van der Waals surface area contributed by atoms with E-state index in [9.17, 15) is 19.1 Å². The highest BCUT2D eigenvalue weighted by molar-refractivity contribution is 7.99. The molecule has 0 spiro atoms. The van der Waals surface area contributed by atoms with Gasteiger partial charge < -0.3 is 10.4 Å². The largest absolute Gasteiger partial charge is 0.479 e. The molecule has 1 amide bonds. The summed E-state index contributed by atoms with van der Waals surface area (Å²) in [6, 6.07) is 5.83. The molecule has 1 saturated heterocycles. The van der Waals surface area contributed by atoms with E-state index in [1.165, 1.54) is 28.6 Å². The van der Waals surface area contributed by atoms with E-state index in [4.69, 9.17) is 0 Å². The highest BCUT2D eigenvalue weighted by atomic mass is 32.2. The number of carbonyl (C=O) groups excluding carboxylic acids is 1. The standard InChI is InChI=1S/C17H19FN4O3S/c1-10(2)14-19-13(21-22(14)12-5-3-4-11(18)8-12)15(23)20-17(16(24)25)6-7-26-9-17/h3-5,8,10H,6-7,9H2,1-2H3,(H,20,23)(H,24,25). The first-order chi connectivity index (χ1) is 12.3. The van der Waals surface area contributed by atoms with Gasteiger partial charge in [-0.15, -0.1) is 5.10 Å². The molecular weight excluding hydrogens is 359 g/mol. The van der Waals surface area contributed by atoms with Crippen LogP contribution in [0.4, 0.5) is 4.39 Å². The third-order valence-electron chi connectivity index (χ3n) is 4.19. The van der Waals surface area contributed by atoms with Crippen LogP contribution < -0.4 is 5.32 Å². The van der Waals surface area contributed by atoms with E-state index in [0.717, 1.165) is 0 Å². The van der Waals surface area contributed by atoms with Crippen LogP contribution in [-0.4, -0.2) is 48.8 Å². The van der Waals surface area contributed by atoms with Crippen molar-refractivity contribution in [3.63, 3.8) is 0 Å². The first kappa shape index (κ1) is 18.4. The Morgan fingerprint density at radius 3 is 2.77 bits per heavy atom. The molecular formula is C17H19FN4O3S. The smallest absolute Gasteiger partial charge is 0.330 e. The van der Waals surface area contributed by atoms with Crippen molar-refractivity contribution in [1.29, 1.82) is 0 Å². The van der Waals surface area contributed by atoms with Gasteiger partial charge in [-0.2, -0.15) is 11.8 Å². The first-order valence-electron chi connectivity index (χ1n) is 8.19. The van der Waals surface area contributed by atoms with E-state index in [0.29, 0.717) is 29.4 Å². The first-order valence-corrected chi connectivity index (χ1v) is 9.34. The van der Waals surface area contributed by atoms with E-state index in [2.05, 4.69) is 15.4 Å². The zero-order valence-corrected chi connectivity index (χ0v) is 15.2. The minimum atomic E-state index is -1.30.